The minimum atomic E-state index is -0.350. The molecule has 0 aliphatic rings. The molecule has 0 saturated carbocycles. The number of benzene rings is 1. The number of thioether (sulfide) groups is 1. The van der Waals surface area contributed by atoms with Crippen molar-refractivity contribution in [3.63, 3.8) is 0 Å². The third-order valence-corrected chi connectivity index (χ3v) is 3.50. The molecule has 0 atom stereocenters. The van der Waals surface area contributed by atoms with E-state index in [4.69, 9.17) is 10.5 Å². The first-order chi connectivity index (χ1) is 9.22. The highest BCUT2D eigenvalue weighted by molar-refractivity contribution is 7.99. The van der Waals surface area contributed by atoms with E-state index < -0.39 is 0 Å². The van der Waals surface area contributed by atoms with Crippen molar-refractivity contribution in [2.24, 2.45) is 12.8 Å². The second kappa shape index (κ2) is 6.53. The van der Waals surface area contributed by atoms with Gasteiger partial charge in [-0.3, -0.25) is 0 Å². The fraction of sp³-hybridized carbons (Fsp3) is 0.333. The first kappa shape index (κ1) is 13.8. The molecule has 0 aliphatic carbocycles. The van der Waals surface area contributed by atoms with Crippen LogP contribution in [-0.4, -0.2) is 27.1 Å². The van der Waals surface area contributed by atoms with Gasteiger partial charge < -0.3 is 15.0 Å². The molecule has 1 aromatic carbocycles. The molecule has 1 aromatic heterocycles. The molecule has 7 heteroatoms. The molecule has 1 heterocycles. The van der Waals surface area contributed by atoms with Gasteiger partial charge in [0.1, 0.15) is 5.82 Å². The fourth-order valence-electron chi connectivity index (χ4n) is 1.49. The third kappa shape index (κ3) is 3.45. The molecule has 19 heavy (non-hydrogen) atoms. The summed E-state index contributed by atoms with van der Waals surface area (Å²) in [5.41, 5.74) is 5.51. The van der Waals surface area contributed by atoms with E-state index in [0.29, 0.717) is 18.9 Å². The van der Waals surface area contributed by atoms with Crippen molar-refractivity contribution in [2.45, 2.75) is 11.7 Å². The molecule has 0 aliphatic heterocycles. The van der Waals surface area contributed by atoms with Gasteiger partial charge in [-0.2, -0.15) is 0 Å². The van der Waals surface area contributed by atoms with Crippen LogP contribution in [0.1, 0.15) is 5.82 Å². The van der Waals surface area contributed by atoms with Crippen LogP contribution in [0.2, 0.25) is 0 Å². The van der Waals surface area contributed by atoms with Crippen LogP contribution in [0.3, 0.4) is 0 Å². The van der Waals surface area contributed by atoms with E-state index >= 15 is 0 Å². The van der Waals surface area contributed by atoms with E-state index in [1.165, 1.54) is 17.8 Å². The Morgan fingerprint density at radius 2 is 2.16 bits per heavy atom. The average molecular weight is 282 g/mol. The van der Waals surface area contributed by atoms with Crippen molar-refractivity contribution in [2.75, 3.05) is 12.4 Å². The first-order valence-electron chi connectivity index (χ1n) is 5.81. The lowest BCUT2D eigenvalue weighted by Gasteiger charge is -2.06. The van der Waals surface area contributed by atoms with Crippen molar-refractivity contribution in [1.82, 2.24) is 14.8 Å². The Bertz CT molecular complexity index is 546. The zero-order chi connectivity index (χ0) is 13.7. The van der Waals surface area contributed by atoms with E-state index in [9.17, 15) is 4.39 Å². The molecule has 0 amide bonds. The van der Waals surface area contributed by atoms with Gasteiger partial charge >= 0.3 is 0 Å². The highest BCUT2D eigenvalue weighted by Gasteiger charge is 2.07. The second-order valence-corrected chi connectivity index (χ2v) is 4.85. The largest absolute Gasteiger partial charge is 0.490 e. The van der Waals surface area contributed by atoms with Crippen molar-refractivity contribution in [1.29, 1.82) is 0 Å². The summed E-state index contributed by atoms with van der Waals surface area (Å²) in [6, 6.07) is 6.35. The van der Waals surface area contributed by atoms with Gasteiger partial charge in [-0.05, 0) is 12.1 Å². The van der Waals surface area contributed by atoms with Gasteiger partial charge in [-0.1, -0.05) is 23.9 Å². The maximum absolute atomic E-state index is 13.3. The van der Waals surface area contributed by atoms with E-state index in [2.05, 4.69) is 10.2 Å². The van der Waals surface area contributed by atoms with Gasteiger partial charge in [0.25, 0.3) is 0 Å². The summed E-state index contributed by atoms with van der Waals surface area (Å²) in [5.74, 6) is 1.31. The van der Waals surface area contributed by atoms with Crippen molar-refractivity contribution < 1.29 is 9.13 Å². The predicted molar refractivity (Wildman–Crippen MR) is 71.5 cm³/mol. The van der Waals surface area contributed by atoms with E-state index in [1.807, 2.05) is 11.6 Å². The van der Waals surface area contributed by atoms with Crippen LogP contribution in [-0.2, 0) is 13.6 Å². The average Bonchev–Trinajstić information content (AvgIpc) is 2.77. The Morgan fingerprint density at radius 1 is 1.37 bits per heavy atom. The van der Waals surface area contributed by atoms with Crippen LogP contribution in [0.25, 0.3) is 0 Å². The summed E-state index contributed by atoms with van der Waals surface area (Å²) >= 11 is 1.49. The Kier molecular flexibility index (Phi) is 4.75. The van der Waals surface area contributed by atoms with Crippen molar-refractivity contribution in [3.8, 4) is 5.75 Å². The van der Waals surface area contributed by atoms with Gasteiger partial charge in [-0.25, -0.2) is 4.39 Å². The number of aromatic nitrogens is 3. The van der Waals surface area contributed by atoms with Crippen LogP contribution < -0.4 is 10.5 Å². The third-order valence-electron chi connectivity index (χ3n) is 2.52. The molecule has 2 aromatic rings. The summed E-state index contributed by atoms with van der Waals surface area (Å²) in [4.78, 5) is 0. The van der Waals surface area contributed by atoms with Gasteiger partial charge in [0.15, 0.2) is 16.7 Å². The Morgan fingerprint density at radius 3 is 2.84 bits per heavy atom. The quantitative estimate of drug-likeness (QED) is 0.643. The smallest absolute Gasteiger partial charge is 0.191 e. The summed E-state index contributed by atoms with van der Waals surface area (Å²) in [6.45, 7) is 0.756. The predicted octanol–water partition coefficient (Wildman–Crippen LogP) is 1.58. The van der Waals surface area contributed by atoms with Gasteiger partial charge in [0.05, 0.1) is 13.2 Å². The highest BCUT2D eigenvalue weighted by Crippen LogP contribution is 2.18. The highest BCUT2D eigenvalue weighted by atomic mass is 32.2. The van der Waals surface area contributed by atoms with Gasteiger partial charge in [0.2, 0.25) is 0 Å². The minimum Gasteiger partial charge on any atom is -0.490 e. The minimum absolute atomic E-state index is 0.267. The molecule has 2 N–H and O–H groups in total. The summed E-state index contributed by atoms with van der Waals surface area (Å²) in [6.07, 6.45) is 0. The molecule has 102 valence electrons. The van der Waals surface area contributed by atoms with Crippen LogP contribution in [0, 0.1) is 5.82 Å². The van der Waals surface area contributed by atoms with Crippen LogP contribution in [0.15, 0.2) is 29.4 Å². The number of halogens is 1. The number of rotatable bonds is 6. The van der Waals surface area contributed by atoms with E-state index in [0.717, 1.165) is 11.0 Å². The molecule has 0 unspecified atom stereocenters. The molecule has 0 bridgehead atoms. The molecular formula is C12H15FN4OS. The second-order valence-electron chi connectivity index (χ2n) is 3.79. The zero-order valence-electron chi connectivity index (χ0n) is 10.5. The van der Waals surface area contributed by atoms with Crippen LogP contribution >= 0.6 is 11.8 Å². The van der Waals surface area contributed by atoms with Crippen LogP contribution in [0.5, 0.6) is 5.75 Å². The van der Waals surface area contributed by atoms with Gasteiger partial charge in [-0.15, -0.1) is 10.2 Å². The molecule has 0 spiro atoms. The number of para-hydroxylation sites is 1. The summed E-state index contributed by atoms with van der Waals surface area (Å²) < 4.78 is 20.5. The van der Waals surface area contributed by atoms with Crippen LogP contribution in [0.4, 0.5) is 4.39 Å². The molecule has 0 radical (unpaired) electrons. The lowest BCUT2D eigenvalue weighted by molar-refractivity contribution is 0.325. The molecule has 2 rings (SSSR count). The Hall–Kier alpha value is -1.60. The molecule has 5 nitrogen and oxygen atoms in total. The standard InChI is InChI=1S/C12H15FN4OS/c1-17-11(8-14)15-16-12(17)19-7-6-18-10-5-3-2-4-9(10)13/h2-5H,6-8,14H2,1H3. The maximum Gasteiger partial charge on any atom is 0.191 e. The monoisotopic (exact) mass is 282 g/mol. The van der Waals surface area contributed by atoms with Crippen molar-refractivity contribution >= 4 is 11.8 Å². The number of ether oxygens (including phenoxy) is 1. The summed E-state index contributed by atoms with van der Waals surface area (Å²) in [7, 11) is 1.86. The Balaban J connectivity index is 1.81. The maximum atomic E-state index is 13.3. The Labute approximate surface area is 115 Å². The topological polar surface area (TPSA) is 66.0 Å². The molecular weight excluding hydrogens is 267 g/mol. The SMILES string of the molecule is Cn1c(CN)nnc1SCCOc1ccccc1F. The number of nitrogens with zero attached hydrogens (tertiary/aromatic N) is 3. The van der Waals surface area contributed by atoms with E-state index in [1.54, 1.807) is 18.2 Å². The summed E-state index contributed by atoms with van der Waals surface area (Å²) in [5, 5.41) is 8.74. The number of hydrogen-bond acceptors (Lipinski definition) is 5. The lowest BCUT2D eigenvalue weighted by atomic mass is 10.3. The van der Waals surface area contributed by atoms with E-state index in [-0.39, 0.29) is 11.6 Å². The normalized spacial score (nSPS) is 10.7. The lowest BCUT2D eigenvalue weighted by Crippen LogP contribution is -2.06. The van der Waals surface area contributed by atoms with Gasteiger partial charge in [0, 0.05) is 12.8 Å². The van der Waals surface area contributed by atoms with Crippen molar-refractivity contribution in [3.05, 3.63) is 35.9 Å². The first-order valence-corrected chi connectivity index (χ1v) is 6.79. The molecule has 0 saturated heterocycles. The molecule has 0 fully saturated rings. The fourth-order valence-corrected chi connectivity index (χ4v) is 2.24. The number of hydrogen-bond donors (Lipinski definition) is 1. The number of nitrogens with two attached hydrogens (primary N) is 1. The zero-order valence-corrected chi connectivity index (χ0v) is 11.4.